The van der Waals surface area contributed by atoms with Gasteiger partial charge in [0.15, 0.2) is 5.69 Å². The van der Waals surface area contributed by atoms with E-state index in [2.05, 4.69) is 20.4 Å². The number of halogens is 5. The summed E-state index contributed by atoms with van der Waals surface area (Å²) in [5, 5.41) is 45.3. The average molecular weight is 616 g/mol. The molecule has 0 radical (unpaired) electrons. The van der Waals surface area contributed by atoms with E-state index < -0.39 is 54.5 Å². The molecule has 1 aliphatic heterocycles. The van der Waals surface area contributed by atoms with Gasteiger partial charge in [0, 0.05) is 23.6 Å². The number of alkyl halides is 3. The molecule has 1 aromatic carbocycles. The zero-order valence-electron chi connectivity index (χ0n) is 20.2. The SMILES string of the molecule is CO[C@@H]1[C@@H](n2cc(-c3nc(Cl)cs3)nn2)[C@@H](O)[C@@H](CO)O[C@H]1c1cc(C#N)nn1-c1cc(Cl)ccc1C(F)(F)F. The van der Waals surface area contributed by atoms with Gasteiger partial charge < -0.3 is 19.7 Å². The van der Waals surface area contributed by atoms with Crippen LogP contribution in [0.5, 0.6) is 0 Å². The third-order valence-electron chi connectivity index (χ3n) is 6.29. The van der Waals surface area contributed by atoms with Crippen LogP contribution in [0.1, 0.15) is 29.1 Å². The Morgan fingerprint density at radius 1 is 1.27 bits per heavy atom. The second-order valence-electron chi connectivity index (χ2n) is 8.66. The molecule has 4 aromatic rings. The van der Waals surface area contributed by atoms with Gasteiger partial charge >= 0.3 is 6.18 Å². The van der Waals surface area contributed by atoms with Gasteiger partial charge in [0.1, 0.15) is 52.4 Å². The van der Waals surface area contributed by atoms with Crippen LogP contribution in [-0.2, 0) is 15.7 Å². The molecule has 1 saturated heterocycles. The molecule has 0 unspecified atom stereocenters. The Labute approximate surface area is 237 Å². The first-order chi connectivity index (χ1) is 19.0. The lowest BCUT2D eigenvalue weighted by molar-refractivity contribution is -0.216. The van der Waals surface area contributed by atoms with E-state index in [1.54, 1.807) is 5.38 Å². The van der Waals surface area contributed by atoms with Gasteiger partial charge in [-0.25, -0.2) is 14.3 Å². The van der Waals surface area contributed by atoms with Crippen LogP contribution in [0.3, 0.4) is 0 Å². The predicted molar refractivity (Wildman–Crippen MR) is 135 cm³/mol. The van der Waals surface area contributed by atoms with E-state index in [4.69, 9.17) is 32.7 Å². The number of aliphatic hydroxyl groups excluding tert-OH is 2. The lowest BCUT2D eigenvalue weighted by atomic mass is 9.90. The first kappa shape index (κ1) is 28.4. The minimum absolute atomic E-state index is 0.00483. The van der Waals surface area contributed by atoms with Crippen LogP contribution in [0, 0.1) is 11.3 Å². The zero-order valence-corrected chi connectivity index (χ0v) is 22.5. The van der Waals surface area contributed by atoms with Crippen LogP contribution >= 0.6 is 34.5 Å². The largest absolute Gasteiger partial charge is 0.418 e. The maximum Gasteiger partial charge on any atom is 0.418 e. The summed E-state index contributed by atoms with van der Waals surface area (Å²) in [6.07, 6.45) is -8.26. The Bertz CT molecular complexity index is 1570. The van der Waals surface area contributed by atoms with Crippen LogP contribution in [0.4, 0.5) is 13.2 Å². The Kier molecular flexibility index (Phi) is 7.86. The zero-order chi connectivity index (χ0) is 28.8. The normalized spacial score (nSPS) is 23.3. The number of hydrogen-bond acceptors (Lipinski definition) is 10. The molecule has 0 bridgehead atoms. The van der Waals surface area contributed by atoms with Gasteiger partial charge in [-0.15, -0.1) is 16.4 Å². The molecule has 5 rings (SSSR count). The minimum atomic E-state index is -4.79. The molecule has 17 heteroatoms. The van der Waals surface area contributed by atoms with Crippen LogP contribution in [0.25, 0.3) is 16.4 Å². The van der Waals surface area contributed by atoms with Gasteiger partial charge in [-0.05, 0) is 18.2 Å². The van der Waals surface area contributed by atoms with E-state index in [0.717, 1.165) is 22.9 Å². The first-order valence-electron chi connectivity index (χ1n) is 11.4. The van der Waals surface area contributed by atoms with Gasteiger partial charge in [-0.3, -0.25) is 0 Å². The maximum atomic E-state index is 14.0. The molecular weight excluding hydrogens is 598 g/mol. The van der Waals surface area contributed by atoms with Crippen molar-refractivity contribution in [3.05, 3.63) is 63.0 Å². The van der Waals surface area contributed by atoms with E-state index in [0.29, 0.717) is 10.7 Å². The van der Waals surface area contributed by atoms with E-state index in [9.17, 15) is 28.6 Å². The highest BCUT2D eigenvalue weighted by atomic mass is 35.5. The van der Waals surface area contributed by atoms with E-state index >= 15 is 0 Å². The molecule has 210 valence electrons. The monoisotopic (exact) mass is 615 g/mol. The Balaban J connectivity index is 1.64. The molecule has 3 aromatic heterocycles. The van der Waals surface area contributed by atoms with Crippen molar-refractivity contribution in [3.8, 4) is 22.5 Å². The summed E-state index contributed by atoms with van der Waals surface area (Å²) in [6, 6.07) is 4.96. The number of aromatic nitrogens is 6. The van der Waals surface area contributed by atoms with Crippen molar-refractivity contribution in [1.82, 2.24) is 29.8 Å². The molecule has 5 atom stereocenters. The fourth-order valence-corrected chi connectivity index (χ4v) is 5.62. The molecular formula is C23H18Cl2F3N7O4S. The molecule has 11 nitrogen and oxygen atoms in total. The molecule has 4 heterocycles. The molecule has 0 amide bonds. The molecule has 1 fully saturated rings. The van der Waals surface area contributed by atoms with Crippen molar-refractivity contribution in [2.75, 3.05) is 13.7 Å². The van der Waals surface area contributed by atoms with Crippen LogP contribution in [0.15, 0.2) is 35.8 Å². The standard InChI is InChI=1S/C23H18Cl2F3N7O4S/c1-38-21-18(34-7-13(31-33-34)22-30-17(25)9-40-22)19(37)16(8-36)39-20(21)15-5-11(6-29)32-35(15)14-4-10(24)2-3-12(14)23(26,27)28/h2-5,7,9,16,18-21,36-37H,8H2,1H3/t16-,18+,19+,20+,21-/m1/s1. The van der Waals surface area contributed by atoms with Gasteiger partial charge in [-0.1, -0.05) is 28.4 Å². The average Bonchev–Trinajstić information content (AvgIpc) is 3.67. The smallest absolute Gasteiger partial charge is 0.394 e. The number of ether oxygens (including phenoxy) is 2. The number of benzene rings is 1. The third-order valence-corrected chi connectivity index (χ3v) is 7.71. The summed E-state index contributed by atoms with van der Waals surface area (Å²) < 4.78 is 55.8. The lowest BCUT2D eigenvalue weighted by Crippen LogP contribution is -2.53. The fourth-order valence-electron chi connectivity index (χ4n) is 4.56. The second-order valence-corrected chi connectivity index (χ2v) is 10.3. The van der Waals surface area contributed by atoms with E-state index in [-0.39, 0.29) is 21.6 Å². The van der Waals surface area contributed by atoms with Crippen molar-refractivity contribution in [2.45, 2.75) is 36.6 Å². The Hall–Kier alpha value is -3.10. The molecule has 2 N–H and O–H groups in total. The molecule has 1 aliphatic rings. The number of hydrogen-bond donors (Lipinski definition) is 2. The van der Waals surface area contributed by atoms with Gasteiger partial charge in [0.05, 0.1) is 29.7 Å². The second kappa shape index (κ2) is 11.1. The number of thiazole rings is 1. The third kappa shape index (κ3) is 5.19. The Morgan fingerprint density at radius 2 is 2.05 bits per heavy atom. The number of methoxy groups -OCH3 is 1. The van der Waals surface area contributed by atoms with Crippen LogP contribution < -0.4 is 0 Å². The van der Waals surface area contributed by atoms with Crippen LogP contribution in [0.2, 0.25) is 10.2 Å². The molecule has 40 heavy (non-hydrogen) atoms. The maximum absolute atomic E-state index is 14.0. The number of nitriles is 1. The Morgan fingerprint density at radius 3 is 2.67 bits per heavy atom. The van der Waals surface area contributed by atoms with Gasteiger partial charge in [0.25, 0.3) is 0 Å². The highest BCUT2D eigenvalue weighted by Gasteiger charge is 2.49. The predicted octanol–water partition coefficient (Wildman–Crippen LogP) is 3.83. The fraction of sp³-hybridized carbons (Fsp3) is 0.348. The highest BCUT2D eigenvalue weighted by molar-refractivity contribution is 7.13. The summed E-state index contributed by atoms with van der Waals surface area (Å²) in [5.41, 5.74) is -1.41. The topological polar surface area (TPSA) is 144 Å². The summed E-state index contributed by atoms with van der Waals surface area (Å²) in [4.78, 5) is 4.15. The summed E-state index contributed by atoms with van der Waals surface area (Å²) >= 11 is 13.2. The van der Waals surface area contributed by atoms with E-state index in [1.807, 2.05) is 6.07 Å². The summed E-state index contributed by atoms with van der Waals surface area (Å²) in [5.74, 6) is 0. The number of rotatable bonds is 6. The molecule has 0 saturated carbocycles. The minimum Gasteiger partial charge on any atom is -0.394 e. The number of aliphatic hydroxyl groups is 2. The molecule has 0 aliphatic carbocycles. The van der Waals surface area contributed by atoms with Gasteiger partial charge in [0.2, 0.25) is 0 Å². The summed E-state index contributed by atoms with van der Waals surface area (Å²) in [6.45, 7) is -0.654. The van der Waals surface area contributed by atoms with Crippen molar-refractivity contribution >= 4 is 34.5 Å². The molecule has 0 spiro atoms. The quantitative estimate of drug-likeness (QED) is 0.330. The lowest BCUT2D eigenvalue weighted by Gasteiger charge is -2.43. The first-order valence-corrected chi connectivity index (χ1v) is 13.1. The van der Waals surface area contributed by atoms with Crippen molar-refractivity contribution < 1.29 is 32.9 Å². The van der Waals surface area contributed by atoms with E-state index in [1.165, 1.54) is 35.4 Å². The van der Waals surface area contributed by atoms with Gasteiger partial charge in [-0.2, -0.15) is 23.5 Å². The van der Waals surface area contributed by atoms with Crippen molar-refractivity contribution in [1.29, 1.82) is 5.26 Å². The number of nitrogens with zero attached hydrogens (tertiary/aromatic N) is 7. The highest BCUT2D eigenvalue weighted by Crippen LogP contribution is 2.42. The van der Waals surface area contributed by atoms with Crippen molar-refractivity contribution in [3.63, 3.8) is 0 Å². The summed E-state index contributed by atoms with van der Waals surface area (Å²) in [7, 11) is 1.31. The van der Waals surface area contributed by atoms with Crippen molar-refractivity contribution in [2.24, 2.45) is 0 Å². The van der Waals surface area contributed by atoms with Crippen LogP contribution in [-0.4, -0.2) is 72.0 Å².